The molecule has 0 saturated carbocycles. The van der Waals surface area contributed by atoms with Crippen LogP contribution < -0.4 is 11.1 Å². The summed E-state index contributed by atoms with van der Waals surface area (Å²) in [6, 6.07) is 3.46. The van der Waals surface area contributed by atoms with Gasteiger partial charge in [-0.2, -0.15) is 0 Å². The Kier molecular flexibility index (Phi) is 3.22. The third kappa shape index (κ3) is 2.67. The fraction of sp³-hybridized carbons (Fsp3) is 0.111. The number of phenols is 1. The highest BCUT2D eigenvalue weighted by Crippen LogP contribution is 2.19. The monoisotopic (exact) mass is 212 g/mol. The molecule has 0 unspecified atom stereocenters. The van der Waals surface area contributed by atoms with Crippen molar-refractivity contribution in [3.8, 4) is 5.75 Å². The van der Waals surface area contributed by atoms with Crippen molar-refractivity contribution in [2.24, 2.45) is 5.73 Å². The van der Waals surface area contributed by atoms with E-state index < -0.39 is 35.5 Å². The van der Waals surface area contributed by atoms with E-state index in [4.69, 9.17) is 5.73 Å². The molecule has 0 bridgehead atoms. The van der Waals surface area contributed by atoms with Crippen molar-refractivity contribution in [2.45, 2.75) is 0 Å². The summed E-state index contributed by atoms with van der Waals surface area (Å²) in [4.78, 5) is 21.6. The zero-order chi connectivity index (χ0) is 11.4. The first-order valence-corrected chi connectivity index (χ1v) is 4.06. The first-order chi connectivity index (χ1) is 7.02. The third-order valence-corrected chi connectivity index (χ3v) is 1.64. The Morgan fingerprint density at radius 2 is 2.13 bits per heavy atom. The zero-order valence-electron chi connectivity index (χ0n) is 7.66. The van der Waals surface area contributed by atoms with E-state index >= 15 is 0 Å². The van der Waals surface area contributed by atoms with Crippen molar-refractivity contribution in [2.75, 3.05) is 6.54 Å². The van der Waals surface area contributed by atoms with Crippen LogP contribution in [-0.2, 0) is 4.79 Å². The number of aromatic hydroxyl groups is 1. The summed E-state index contributed by atoms with van der Waals surface area (Å²) >= 11 is 0. The molecule has 15 heavy (non-hydrogen) atoms. The number of phenolic OH excluding ortho intramolecular Hbond substituents is 1. The summed E-state index contributed by atoms with van der Waals surface area (Å²) in [5.41, 5.74) is 4.28. The van der Waals surface area contributed by atoms with Gasteiger partial charge in [-0.25, -0.2) is 4.39 Å². The van der Waals surface area contributed by atoms with Gasteiger partial charge in [0.25, 0.3) is 5.91 Å². The second kappa shape index (κ2) is 4.41. The molecule has 80 valence electrons. The number of nitrogens with two attached hydrogens (primary N) is 1. The average Bonchev–Trinajstić information content (AvgIpc) is 2.14. The minimum absolute atomic E-state index is 0.410. The lowest BCUT2D eigenvalue weighted by Gasteiger charge is -2.05. The van der Waals surface area contributed by atoms with E-state index in [0.717, 1.165) is 6.07 Å². The maximum absolute atomic E-state index is 13.1. The van der Waals surface area contributed by atoms with E-state index in [1.807, 2.05) is 0 Å². The Labute approximate surface area is 84.7 Å². The lowest BCUT2D eigenvalue weighted by atomic mass is 10.1. The van der Waals surface area contributed by atoms with Gasteiger partial charge in [0.2, 0.25) is 5.91 Å². The molecule has 0 aliphatic rings. The fourth-order valence-electron chi connectivity index (χ4n) is 0.993. The van der Waals surface area contributed by atoms with Crippen molar-refractivity contribution < 1.29 is 19.1 Å². The second-order valence-electron chi connectivity index (χ2n) is 2.78. The molecule has 4 N–H and O–H groups in total. The molecule has 1 rings (SSSR count). The van der Waals surface area contributed by atoms with Gasteiger partial charge in [0.1, 0.15) is 17.1 Å². The molecule has 5 nitrogen and oxygen atoms in total. The number of rotatable bonds is 3. The number of halogens is 1. The smallest absolute Gasteiger partial charge is 0.258 e. The lowest BCUT2D eigenvalue weighted by Crippen LogP contribution is -2.33. The molecule has 0 spiro atoms. The molecule has 1 aromatic carbocycles. The van der Waals surface area contributed by atoms with E-state index in [-0.39, 0.29) is 0 Å². The first kappa shape index (κ1) is 11.0. The molecule has 0 aliphatic heterocycles. The summed E-state index contributed by atoms with van der Waals surface area (Å²) in [6.07, 6.45) is 0. The quantitative estimate of drug-likeness (QED) is 0.644. The highest BCUT2D eigenvalue weighted by molar-refractivity contribution is 5.98. The molecule has 0 radical (unpaired) electrons. The predicted octanol–water partition coefficient (Wildman–Crippen LogP) is -0.254. The molecule has 0 saturated heterocycles. The van der Waals surface area contributed by atoms with E-state index in [0.29, 0.717) is 0 Å². The van der Waals surface area contributed by atoms with Crippen LogP contribution in [0.1, 0.15) is 10.4 Å². The largest absolute Gasteiger partial charge is 0.507 e. The normalized spacial score (nSPS) is 9.67. The molecule has 0 aliphatic carbocycles. The van der Waals surface area contributed by atoms with Crippen LogP contribution in [0.5, 0.6) is 5.75 Å². The van der Waals surface area contributed by atoms with E-state index in [1.54, 1.807) is 0 Å². The summed E-state index contributed by atoms with van der Waals surface area (Å²) in [6.45, 7) is -0.410. The molecular weight excluding hydrogens is 203 g/mol. The Balaban J connectivity index is 2.86. The zero-order valence-corrected chi connectivity index (χ0v) is 7.66. The van der Waals surface area contributed by atoms with Crippen LogP contribution in [0.4, 0.5) is 4.39 Å². The van der Waals surface area contributed by atoms with Crippen molar-refractivity contribution in [1.82, 2.24) is 5.32 Å². The van der Waals surface area contributed by atoms with Crippen LogP contribution in [0, 0.1) is 5.82 Å². The van der Waals surface area contributed by atoms with Gasteiger partial charge in [0.05, 0.1) is 6.54 Å². The van der Waals surface area contributed by atoms with E-state index in [2.05, 4.69) is 5.32 Å². The van der Waals surface area contributed by atoms with Crippen LogP contribution in [0.3, 0.4) is 0 Å². The van der Waals surface area contributed by atoms with Gasteiger partial charge >= 0.3 is 0 Å². The third-order valence-electron chi connectivity index (χ3n) is 1.64. The van der Waals surface area contributed by atoms with Crippen LogP contribution in [0.2, 0.25) is 0 Å². The maximum Gasteiger partial charge on any atom is 0.258 e. The molecule has 6 heteroatoms. The number of carbonyl (C=O) groups excluding carboxylic acids is 2. The Bertz CT molecular complexity index is 386. The number of hydrogen-bond donors (Lipinski definition) is 3. The highest BCUT2D eigenvalue weighted by Gasteiger charge is 2.16. The number of amides is 2. The minimum atomic E-state index is -0.885. The van der Waals surface area contributed by atoms with Crippen molar-refractivity contribution in [3.05, 3.63) is 29.6 Å². The Hall–Kier alpha value is -2.11. The topological polar surface area (TPSA) is 92.4 Å². The number of nitrogens with one attached hydrogen (secondary N) is 1. The Morgan fingerprint density at radius 3 is 2.67 bits per heavy atom. The van der Waals surface area contributed by atoms with Gasteiger partial charge in [-0.3, -0.25) is 9.59 Å². The predicted molar refractivity (Wildman–Crippen MR) is 49.6 cm³/mol. The van der Waals surface area contributed by atoms with Crippen molar-refractivity contribution in [3.63, 3.8) is 0 Å². The molecular formula is C9H9FN2O3. The molecule has 1 aromatic rings. The standard InChI is InChI=1S/C9H9FN2O3/c10-5-2-1-3-6(13)8(5)9(15)12-4-7(11)14/h1-3,13H,4H2,(H2,11,14)(H,12,15). The van der Waals surface area contributed by atoms with Crippen LogP contribution in [0.15, 0.2) is 18.2 Å². The van der Waals surface area contributed by atoms with Gasteiger partial charge in [-0.1, -0.05) is 6.07 Å². The van der Waals surface area contributed by atoms with Crippen LogP contribution >= 0.6 is 0 Å². The lowest BCUT2D eigenvalue weighted by molar-refractivity contribution is -0.117. The first-order valence-electron chi connectivity index (χ1n) is 4.06. The van der Waals surface area contributed by atoms with Crippen molar-refractivity contribution >= 4 is 11.8 Å². The molecule has 0 aromatic heterocycles. The molecule has 0 fully saturated rings. The summed E-state index contributed by atoms with van der Waals surface area (Å²) in [5.74, 6) is -2.99. The minimum Gasteiger partial charge on any atom is -0.507 e. The van der Waals surface area contributed by atoms with Crippen molar-refractivity contribution in [1.29, 1.82) is 0 Å². The van der Waals surface area contributed by atoms with Gasteiger partial charge in [0, 0.05) is 0 Å². The summed E-state index contributed by atoms with van der Waals surface area (Å²) in [7, 11) is 0. The summed E-state index contributed by atoms with van der Waals surface area (Å²) in [5, 5.41) is 11.3. The summed E-state index contributed by atoms with van der Waals surface area (Å²) < 4.78 is 13.1. The van der Waals surface area contributed by atoms with E-state index in [9.17, 15) is 19.1 Å². The Morgan fingerprint density at radius 1 is 1.47 bits per heavy atom. The van der Waals surface area contributed by atoms with Crippen LogP contribution in [-0.4, -0.2) is 23.5 Å². The SMILES string of the molecule is NC(=O)CNC(=O)c1c(O)cccc1F. The fourth-order valence-corrected chi connectivity index (χ4v) is 0.993. The van der Waals surface area contributed by atoms with Gasteiger partial charge in [0.15, 0.2) is 0 Å². The molecule has 2 amide bonds. The highest BCUT2D eigenvalue weighted by atomic mass is 19.1. The molecule has 0 atom stereocenters. The maximum atomic E-state index is 13.1. The van der Waals surface area contributed by atoms with Gasteiger partial charge < -0.3 is 16.2 Å². The van der Waals surface area contributed by atoms with Crippen LogP contribution in [0.25, 0.3) is 0 Å². The van der Waals surface area contributed by atoms with E-state index in [1.165, 1.54) is 12.1 Å². The van der Waals surface area contributed by atoms with Gasteiger partial charge in [-0.15, -0.1) is 0 Å². The number of primary amides is 1. The average molecular weight is 212 g/mol. The number of hydrogen-bond acceptors (Lipinski definition) is 3. The van der Waals surface area contributed by atoms with Gasteiger partial charge in [-0.05, 0) is 12.1 Å². The number of benzene rings is 1. The second-order valence-corrected chi connectivity index (χ2v) is 2.78. The molecule has 0 heterocycles. The number of carbonyl (C=O) groups is 2.